The molecule has 0 bridgehead atoms. The van der Waals surface area contributed by atoms with Gasteiger partial charge in [-0.15, -0.1) is 0 Å². The third-order valence-corrected chi connectivity index (χ3v) is 2.03. The fourth-order valence-electron chi connectivity index (χ4n) is 1.19. The van der Waals surface area contributed by atoms with Crippen molar-refractivity contribution in [2.24, 2.45) is 0 Å². The maximum atomic E-state index is 11.5. The smallest absolute Gasteiger partial charge is 0.252 e. The molecule has 0 unspecified atom stereocenters. The van der Waals surface area contributed by atoms with Crippen LogP contribution in [0.1, 0.15) is 25.3 Å². The maximum Gasteiger partial charge on any atom is 0.252 e. The maximum absolute atomic E-state index is 11.5. The van der Waals surface area contributed by atoms with E-state index in [0.717, 1.165) is 11.4 Å². The first-order chi connectivity index (χ1) is 6.02. The molecule has 1 N–H and O–H groups in total. The molecule has 72 valence electrons. The summed E-state index contributed by atoms with van der Waals surface area (Å²) in [7, 11) is 3.81. The second-order valence-electron chi connectivity index (χ2n) is 3.68. The van der Waals surface area contributed by atoms with E-state index in [-0.39, 0.29) is 11.5 Å². The highest BCUT2D eigenvalue weighted by molar-refractivity contribution is 5.37. The van der Waals surface area contributed by atoms with Crippen molar-refractivity contribution in [1.29, 1.82) is 0 Å². The van der Waals surface area contributed by atoms with Gasteiger partial charge in [0.1, 0.15) is 5.82 Å². The van der Waals surface area contributed by atoms with Gasteiger partial charge in [-0.25, -0.2) is 0 Å². The van der Waals surface area contributed by atoms with Crippen molar-refractivity contribution in [3.05, 3.63) is 28.0 Å². The largest absolute Gasteiger partial charge is 0.364 e. The van der Waals surface area contributed by atoms with Crippen LogP contribution in [0.4, 0.5) is 5.82 Å². The van der Waals surface area contributed by atoms with Crippen LogP contribution in [0.5, 0.6) is 0 Å². The molecule has 0 atom stereocenters. The lowest BCUT2D eigenvalue weighted by molar-refractivity contribution is 0.841. The molecule has 3 heteroatoms. The standard InChI is InChI=1S/C10H16N2O/c1-7(2)8-5-6-9(12(3)4)11-10(8)13/h5-7H,1-4H3,(H,11,13). The number of nitrogens with zero attached hydrogens (tertiary/aromatic N) is 1. The van der Waals surface area contributed by atoms with Crippen LogP contribution in [0.3, 0.4) is 0 Å². The van der Waals surface area contributed by atoms with Crippen molar-refractivity contribution in [1.82, 2.24) is 4.98 Å². The second-order valence-corrected chi connectivity index (χ2v) is 3.68. The van der Waals surface area contributed by atoms with E-state index in [9.17, 15) is 4.79 Å². The van der Waals surface area contributed by atoms with Gasteiger partial charge in [0.15, 0.2) is 0 Å². The molecular weight excluding hydrogens is 164 g/mol. The number of aromatic amines is 1. The highest BCUT2D eigenvalue weighted by Crippen LogP contribution is 2.11. The normalized spacial score (nSPS) is 10.5. The van der Waals surface area contributed by atoms with E-state index in [4.69, 9.17) is 0 Å². The summed E-state index contributed by atoms with van der Waals surface area (Å²) in [6.45, 7) is 4.03. The lowest BCUT2D eigenvalue weighted by atomic mass is 10.1. The molecule has 0 spiro atoms. The van der Waals surface area contributed by atoms with Gasteiger partial charge in [0.25, 0.3) is 5.56 Å². The summed E-state index contributed by atoms with van der Waals surface area (Å²) in [5.74, 6) is 1.12. The van der Waals surface area contributed by atoms with Gasteiger partial charge in [0.2, 0.25) is 0 Å². The van der Waals surface area contributed by atoms with Crippen molar-refractivity contribution >= 4 is 5.82 Å². The van der Waals surface area contributed by atoms with Crippen LogP contribution in [0.15, 0.2) is 16.9 Å². The molecule has 1 aromatic heterocycles. The molecule has 0 fully saturated rings. The molecule has 3 nitrogen and oxygen atoms in total. The van der Waals surface area contributed by atoms with Crippen LogP contribution in [0.25, 0.3) is 0 Å². The number of anilines is 1. The average Bonchev–Trinajstić information content (AvgIpc) is 2.03. The van der Waals surface area contributed by atoms with Gasteiger partial charge in [-0.1, -0.05) is 13.8 Å². The van der Waals surface area contributed by atoms with Crippen molar-refractivity contribution in [2.75, 3.05) is 19.0 Å². The summed E-state index contributed by atoms with van der Waals surface area (Å²) in [5, 5.41) is 0. The van der Waals surface area contributed by atoms with E-state index in [1.807, 2.05) is 45.0 Å². The SMILES string of the molecule is CC(C)c1ccc(N(C)C)[nH]c1=O. The van der Waals surface area contributed by atoms with E-state index in [1.54, 1.807) is 0 Å². The van der Waals surface area contributed by atoms with Gasteiger partial charge < -0.3 is 9.88 Å². The van der Waals surface area contributed by atoms with Crippen LogP contribution < -0.4 is 10.5 Å². The van der Waals surface area contributed by atoms with Crippen molar-refractivity contribution < 1.29 is 0 Å². The van der Waals surface area contributed by atoms with Crippen molar-refractivity contribution in [3.8, 4) is 0 Å². The zero-order valence-electron chi connectivity index (χ0n) is 8.59. The van der Waals surface area contributed by atoms with Gasteiger partial charge in [0.05, 0.1) is 0 Å². The molecule has 0 saturated carbocycles. The molecular formula is C10H16N2O. The van der Waals surface area contributed by atoms with Crippen LogP contribution in [0, 0.1) is 0 Å². The van der Waals surface area contributed by atoms with Crippen LogP contribution in [0.2, 0.25) is 0 Å². The number of nitrogens with one attached hydrogen (secondary N) is 1. The zero-order valence-corrected chi connectivity index (χ0v) is 8.59. The molecule has 1 rings (SSSR count). The Bertz CT molecular complexity index is 339. The lowest BCUT2D eigenvalue weighted by Gasteiger charge is -2.12. The third kappa shape index (κ3) is 2.11. The quantitative estimate of drug-likeness (QED) is 0.749. The fourth-order valence-corrected chi connectivity index (χ4v) is 1.19. The van der Waals surface area contributed by atoms with Gasteiger partial charge in [0, 0.05) is 19.7 Å². The van der Waals surface area contributed by atoms with Crippen LogP contribution in [-0.2, 0) is 0 Å². The first-order valence-corrected chi connectivity index (χ1v) is 4.43. The summed E-state index contributed by atoms with van der Waals surface area (Å²) < 4.78 is 0. The van der Waals surface area contributed by atoms with Gasteiger partial charge in [-0.3, -0.25) is 4.79 Å². The second kappa shape index (κ2) is 3.64. The molecule has 0 aliphatic carbocycles. The predicted molar refractivity (Wildman–Crippen MR) is 55.5 cm³/mol. The topological polar surface area (TPSA) is 36.1 Å². The highest BCUT2D eigenvalue weighted by atomic mass is 16.1. The zero-order chi connectivity index (χ0) is 10.0. The number of H-pyrrole nitrogens is 1. The Morgan fingerprint density at radius 3 is 2.31 bits per heavy atom. The highest BCUT2D eigenvalue weighted by Gasteiger charge is 2.05. The number of pyridine rings is 1. The predicted octanol–water partition coefficient (Wildman–Crippen LogP) is 1.56. The monoisotopic (exact) mass is 180 g/mol. The minimum absolute atomic E-state index is 0.0150. The molecule has 1 heterocycles. The fraction of sp³-hybridized carbons (Fsp3) is 0.500. The van der Waals surface area contributed by atoms with Gasteiger partial charge in [-0.05, 0) is 18.1 Å². The molecule has 0 amide bonds. The summed E-state index contributed by atoms with van der Waals surface area (Å²) in [4.78, 5) is 16.2. The van der Waals surface area contributed by atoms with Crippen LogP contribution >= 0.6 is 0 Å². The van der Waals surface area contributed by atoms with Gasteiger partial charge in [-0.2, -0.15) is 0 Å². The van der Waals surface area contributed by atoms with E-state index in [0.29, 0.717) is 0 Å². The Morgan fingerprint density at radius 2 is 1.92 bits per heavy atom. The Labute approximate surface area is 78.4 Å². The van der Waals surface area contributed by atoms with E-state index < -0.39 is 0 Å². The molecule has 0 radical (unpaired) electrons. The Morgan fingerprint density at radius 1 is 1.31 bits per heavy atom. The lowest BCUT2D eigenvalue weighted by Crippen LogP contribution is -2.19. The van der Waals surface area contributed by atoms with Crippen molar-refractivity contribution in [2.45, 2.75) is 19.8 Å². The number of hydrogen-bond donors (Lipinski definition) is 1. The van der Waals surface area contributed by atoms with E-state index >= 15 is 0 Å². The average molecular weight is 180 g/mol. The molecule has 0 aliphatic heterocycles. The summed E-state index contributed by atoms with van der Waals surface area (Å²) in [6.07, 6.45) is 0. The summed E-state index contributed by atoms with van der Waals surface area (Å²) in [5.41, 5.74) is 0.854. The first-order valence-electron chi connectivity index (χ1n) is 4.43. The molecule has 13 heavy (non-hydrogen) atoms. The minimum Gasteiger partial charge on any atom is -0.364 e. The van der Waals surface area contributed by atoms with Crippen molar-refractivity contribution in [3.63, 3.8) is 0 Å². The number of rotatable bonds is 2. The first kappa shape index (κ1) is 9.84. The molecule has 0 aliphatic rings. The summed E-state index contributed by atoms with van der Waals surface area (Å²) in [6, 6.07) is 3.82. The Balaban J connectivity index is 3.14. The third-order valence-electron chi connectivity index (χ3n) is 2.03. The van der Waals surface area contributed by atoms with E-state index in [1.165, 1.54) is 0 Å². The minimum atomic E-state index is 0.0150. The molecule has 0 aromatic carbocycles. The molecule has 1 aromatic rings. The summed E-state index contributed by atoms with van der Waals surface area (Å²) >= 11 is 0. The number of hydrogen-bond acceptors (Lipinski definition) is 2. The van der Waals surface area contributed by atoms with Gasteiger partial charge >= 0.3 is 0 Å². The van der Waals surface area contributed by atoms with Crippen LogP contribution in [-0.4, -0.2) is 19.1 Å². The Hall–Kier alpha value is -1.25. The Kier molecular flexibility index (Phi) is 2.76. The van der Waals surface area contributed by atoms with E-state index in [2.05, 4.69) is 4.98 Å². The number of aromatic nitrogens is 1. The molecule has 0 saturated heterocycles.